The summed E-state index contributed by atoms with van der Waals surface area (Å²) in [6.07, 6.45) is -0.443. The molecule has 6 rings (SSSR count). The predicted octanol–water partition coefficient (Wildman–Crippen LogP) is 4.56. The van der Waals surface area contributed by atoms with Gasteiger partial charge in [-0.05, 0) is 65.8 Å². The zero-order valence-electron chi connectivity index (χ0n) is 42.3. The van der Waals surface area contributed by atoms with Crippen LogP contribution in [0, 0.1) is 19.3 Å². The number of aromatic nitrogens is 1. The first kappa shape index (κ1) is 55.5. The fraction of sp³-hybridized carbons (Fsp3) is 0.509. The summed E-state index contributed by atoms with van der Waals surface area (Å²) in [5.74, 6) is -1.29. The Labute approximate surface area is 426 Å². The molecule has 2 saturated heterocycles. The van der Waals surface area contributed by atoms with Gasteiger partial charge in [0.1, 0.15) is 12.1 Å². The summed E-state index contributed by atoms with van der Waals surface area (Å²) in [4.78, 5) is 76.8. The number of amides is 5. The van der Waals surface area contributed by atoms with Gasteiger partial charge in [0.25, 0.3) is 5.91 Å². The molecular weight excluding hydrogens is 941 g/mol. The van der Waals surface area contributed by atoms with Gasteiger partial charge in [0.05, 0.1) is 81.5 Å². The Morgan fingerprint density at radius 1 is 0.806 bits per heavy atom. The second-order valence-corrected chi connectivity index (χ2v) is 20.1. The monoisotopic (exact) mass is 1010 g/mol. The molecule has 4 aromatic rings. The number of hydrogen-bond acceptors (Lipinski definition) is 14. The van der Waals surface area contributed by atoms with Gasteiger partial charge in [-0.1, -0.05) is 63.2 Å². The number of carbonyl (C=O) groups excluding carboxylic acids is 5. The number of β-amino-alcohol motifs (C(OH)–C–C–N with tert-alkyl or cyclic N) is 1. The topological polar surface area (TPSA) is 227 Å². The summed E-state index contributed by atoms with van der Waals surface area (Å²) < 4.78 is 22.4. The van der Waals surface area contributed by atoms with Crippen molar-refractivity contribution in [3.05, 3.63) is 100 Å². The quantitative estimate of drug-likeness (QED) is 0.0454. The SMILES string of the molecule is Cc1ccc(NC(=O)c2ccc(CN3CCN(C(=O)CCOCCOCCOCCOCCC(=O)N[C@H](C(=O)N4C[C@H](O)C[C@H]4C(=O)NCc4ccc(-c5scnc5C)cc4)C(C)(C)C)CC3)cc2)cc1N. The van der Waals surface area contributed by atoms with E-state index in [-0.39, 0.29) is 62.8 Å². The third-order valence-electron chi connectivity index (χ3n) is 12.6. The number of aliphatic hydroxyl groups is 1. The number of nitrogens with two attached hydrogens (primary N) is 1. The van der Waals surface area contributed by atoms with Crippen molar-refractivity contribution in [3.63, 3.8) is 0 Å². The van der Waals surface area contributed by atoms with Gasteiger partial charge in [-0.2, -0.15) is 0 Å². The molecule has 0 saturated carbocycles. The Balaban J connectivity index is 0.760. The summed E-state index contributed by atoms with van der Waals surface area (Å²) in [5.41, 5.74) is 13.9. The molecule has 6 N–H and O–H groups in total. The van der Waals surface area contributed by atoms with Crippen LogP contribution < -0.4 is 21.7 Å². The third kappa shape index (κ3) is 16.9. The second-order valence-electron chi connectivity index (χ2n) is 19.3. The molecule has 5 amide bonds. The molecular formula is C53H72N8O10S. The van der Waals surface area contributed by atoms with Crippen LogP contribution in [0.15, 0.2) is 72.2 Å². The number of piperazine rings is 1. The Kier molecular flexibility index (Phi) is 21.1. The van der Waals surface area contributed by atoms with Gasteiger partial charge in [-0.15, -0.1) is 11.3 Å². The van der Waals surface area contributed by atoms with Crippen LogP contribution in [-0.4, -0.2) is 158 Å². The number of nitrogens with one attached hydrogen (secondary N) is 3. The van der Waals surface area contributed by atoms with Crippen molar-refractivity contribution < 1.29 is 48.0 Å². The molecule has 0 aliphatic carbocycles. The molecule has 2 aliphatic heterocycles. The van der Waals surface area contributed by atoms with E-state index in [1.807, 2.05) is 106 Å². The first-order valence-corrected chi connectivity index (χ1v) is 25.6. The van der Waals surface area contributed by atoms with Crippen molar-refractivity contribution in [2.75, 3.05) is 96.6 Å². The summed E-state index contributed by atoms with van der Waals surface area (Å²) in [5, 5.41) is 19.2. The summed E-state index contributed by atoms with van der Waals surface area (Å²) in [7, 11) is 0. The fourth-order valence-corrected chi connectivity index (χ4v) is 9.17. The number of ether oxygens (including phenoxy) is 4. The number of hydrogen-bond donors (Lipinski definition) is 5. The largest absolute Gasteiger partial charge is 0.398 e. The van der Waals surface area contributed by atoms with Crippen LogP contribution in [0.25, 0.3) is 10.4 Å². The number of thiazole rings is 1. The molecule has 18 nitrogen and oxygen atoms in total. The van der Waals surface area contributed by atoms with Gasteiger partial charge in [0.2, 0.25) is 23.6 Å². The van der Waals surface area contributed by atoms with Crippen molar-refractivity contribution in [1.82, 2.24) is 30.3 Å². The molecule has 390 valence electrons. The molecule has 3 heterocycles. The zero-order valence-corrected chi connectivity index (χ0v) is 43.1. The Hall–Kier alpha value is -5.80. The molecule has 3 aromatic carbocycles. The van der Waals surface area contributed by atoms with Gasteiger partial charge >= 0.3 is 0 Å². The molecule has 0 radical (unpaired) electrons. The van der Waals surface area contributed by atoms with E-state index in [4.69, 9.17) is 24.7 Å². The molecule has 72 heavy (non-hydrogen) atoms. The lowest BCUT2D eigenvalue weighted by Gasteiger charge is -2.35. The standard InChI is InChI=1S/C53H72N8O10S/c1-36-6-15-42(30-44(36)54)57-50(65)41-13-9-39(10-14-41)33-59-18-20-60(21-19-59)47(64)17-23-69-25-27-71-29-28-70-26-24-68-22-16-46(63)58-49(53(3,4)5)52(67)61-34-43(62)31-45(61)51(66)55-32-38-7-11-40(12-8-38)48-37(2)56-35-72-48/h6-15,30,35,43,45,49,62H,16-29,31-34,54H2,1-5H3,(H,55,66)(H,57,65)(H,58,63)/t43-,45+,49-/m1/s1. The summed E-state index contributed by atoms with van der Waals surface area (Å²) in [6, 6.07) is 19.1. The number of likely N-dealkylation sites (tertiary alicyclic amines) is 1. The van der Waals surface area contributed by atoms with Crippen molar-refractivity contribution in [3.8, 4) is 10.4 Å². The lowest BCUT2D eigenvalue weighted by Crippen LogP contribution is -2.57. The number of rotatable bonds is 25. The van der Waals surface area contributed by atoms with E-state index >= 15 is 0 Å². The minimum Gasteiger partial charge on any atom is -0.398 e. The van der Waals surface area contributed by atoms with E-state index in [1.54, 1.807) is 17.4 Å². The molecule has 0 spiro atoms. The number of benzene rings is 3. The number of aliphatic hydroxyl groups excluding tert-OH is 1. The van der Waals surface area contributed by atoms with Crippen LogP contribution in [0.2, 0.25) is 0 Å². The average Bonchev–Trinajstić information content (AvgIpc) is 3.98. The number of nitrogen functional groups attached to an aromatic ring is 1. The van der Waals surface area contributed by atoms with Crippen molar-refractivity contribution in [1.29, 1.82) is 0 Å². The summed E-state index contributed by atoms with van der Waals surface area (Å²) >= 11 is 1.57. The minimum atomic E-state index is -0.934. The molecule has 0 bridgehead atoms. The van der Waals surface area contributed by atoms with Crippen molar-refractivity contribution in [2.45, 2.75) is 85.2 Å². The van der Waals surface area contributed by atoms with Crippen LogP contribution in [0.5, 0.6) is 0 Å². The molecule has 1 aromatic heterocycles. The van der Waals surface area contributed by atoms with Crippen LogP contribution >= 0.6 is 11.3 Å². The van der Waals surface area contributed by atoms with Crippen LogP contribution in [-0.2, 0) is 51.2 Å². The average molecular weight is 1010 g/mol. The Morgan fingerprint density at radius 3 is 2.01 bits per heavy atom. The van der Waals surface area contributed by atoms with E-state index in [0.29, 0.717) is 76.1 Å². The maximum Gasteiger partial charge on any atom is 0.255 e. The molecule has 3 atom stereocenters. The normalized spacial score (nSPS) is 16.6. The number of nitrogens with zero attached hydrogens (tertiary/aromatic N) is 4. The van der Waals surface area contributed by atoms with E-state index < -0.39 is 29.5 Å². The van der Waals surface area contributed by atoms with Crippen LogP contribution in [0.1, 0.15) is 72.8 Å². The zero-order chi connectivity index (χ0) is 51.6. The molecule has 2 aliphatic rings. The molecule has 0 unspecified atom stereocenters. The third-order valence-corrected chi connectivity index (χ3v) is 13.6. The first-order valence-electron chi connectivity index (χ1n) is 24.7. The molecule has 2 fully saturated rings. The van der Waals surface area contributed by atoms with Crippen molar-refractivity contribution >= 4 is 52.2 Å². The van der Waals surface area contributed by atoms with Gasteiger partial charge in [-0.3, -0.25) is 28.9 Å². The van der Waals surface area contributed by atoms with E-state index in [9.17, 15) is 29.1 Å². The van der Waals surface area contributed by atoms with Crippen LogP contribution in [0.3, 0.4) is 0 Å². The maximum atomic E-state index is 13.9. The fourth-order valence-electron chi connectivity index (χ4n) is 8.35. The highest BCUT2D eigenvalue weighted by Gasteiger charge is 2.44. The van der Waals surface area contributed by atoms with Crippen molar-refractivity contribution in [2.24, 2.45) is 5.41 Å². The highest BCUT2D eigenvalue weighted by molar-refractivity contribution is 7.13. The Morgan fingerprint density at radius 2 is 1.42 bits per heavy atom. The second kappa shape index (κ2) is 27.3. The minimum absolute atomic E-state index is 0.00891. The highest BCUT2D eigenvalue weighted by Crippen LogP contribution is 2.29. The van der Waals surface area contributed by atoms with Crippen LogP contribution in [0.4, 0.5) is 11.4 Å². The van der Waals surface area contributed by atoms with E-state index in [0.717, 1.165) is 52.5 Å². The lowest BCUT2D eigenvalue weighted by molar-refractivity contribution is -0.144. The Bertz CT molecular complexity index is 2400. The maximum absolute atomic E-state index is 13.9. The number of anilines is 2. The number of aryl methyl sites for hydroxylation is 2. The van der Waals surface area contributed by atoms with Gasteiger partial charge < -0.3 is 55.5 Å². The first-order chi connectivity index (χ1) is 34.5. The van der Waals surface area contributed by atoms with Gasteiger partial charge in [-0.25, -0.2) is 4.98 Å². The molecule has 19 heteroatoms. The smallest absolute Gasteiger partial charge is 0.255 e. The van der Waals surface area contributed by atoms with E-state index in [1.165, 1.54) is 4.90 Å². The predicted molar refractivity (Wildman–Crippen MR) is 276 cm³/mol. The van der Waals surface area contributed by atoms with Gasteiger partial charge in [0, 0.05) is 75.6 Å². The lowest BCUT2D eigenvalue weighted by atomic mass is 9.85. The van der Waals surface area contributed by atoms with E-state index in [2.05, 4.69) is 25.8 Å². The van der Waals surface area contributed by atoms with Gasteiger partial charge in [0.15, 0.2) is 0 Å². The highest BCUT2D eigenvalue weighted by atomic mass is 32.1. The summed E-state index contributed by atoms with van der Waals surface area (Å²) in [6.45, 7) is 15.6. The number of carbonyl (C=O) groups is 5.